The summed E-state index contributed by atoms with van der Waals surface area (Å²) in [6.45, 7) is 0.600. The van der Waals surface area contributed by atoms with E-state index >= 15 is 0 Å². The summed E-state index contributed by atoms with van der Waals surface area (Å²) in [6, 6.07) is 3.31. The molecule has 1 N–H and O–H groups in total. The van der Waals surface area contributed by atoms with Crippen molar-refractivity contribution < 1.29 is 22.4 Å². The molecule has 1 unspecified atom stereocenters. The highest BCUT2D eigenvalue weighted by Crippen LogP contribution is 2.22. The minimum Gasteiger partial charge on any atom is -0.459 e. The molecule has 3 heterocycles. The fourth-order valence-electron chi connectivity index (χ4n) is 2.57. The van der Waals surface area contributed by atoms with Gasteiger partial charge in [0.05, 0.1) is 30.9 Å². The largest absolute Gasteiger partial charge is 0.459 e. The van der Waals surface area contributed by atoms with Crippen LogP contribution in [0.5, 0.6) is 0 Å². The van der Waals surface area contributed by atoms with Crippen molar-refractivity contribution in [3.63, 3.8) is 0 Å². The second-order valence-electron chi connectivity index (χ2n) is 5.23. The maximum atomic E-state index is 11.6. The van der Waals surface area contributed by atoms with Crippen LogP contribution in [0.2, 0.25) is 0 Å². The normalized spacial score (nSPS) is 20.7. The smallest absolute Gasteiger partial charge is 0.283 e. The number of sulfone groups is 1. The molecule has 0 bridgehead atoms. The van der Waals surface area contributed by atoms with Crippen molar-refractivity contribution in [3.05, 3.63) is 24.3 Å². The molecule has 1 atom stereocenters. The second-order valence-corrected chi connectivity index (χ2v) is 7.46. The highest BCUT2D eigenvalue weighted by Gasteiger charge is 2.32. The van der Waals surface area contributed by atoms with Gasteiger partial charge in [0, 0.05) is 12.6 Å². The molecule has 1 aliphatic heterocycles. The van der Waals surface area contributed by atoms with Crippen LogP contribution >= 0.6 is 0 Å². The standard InChI is InChI=1S/C13H17N3O5S/c17-5-4-16(10-3-7-22(18,19)9-10)8-12-14-15-13(21-12)11-2-1-6-20-11/h1-2,6,10,17H,3-5,7-9H2. The van der Waals surface area contributed by atoms with E-state index in [1.165, 1.54) is 6.26 Å². The third-order valence-corrected chi connectivity index (χ3v) is 5.40. The quantitative estimate of drug-likeness (QED) is 0.807. The summed E-state index contributed by atoms with van der Waals surface area (Å²) < 4.78 is 33.9. The van der Waals surface area contributed by atoms with Crippen molar-refractivity contribution in [3.8, 4) is 11.7 Å². The van der Waals surface area contributed by atoms with E-state index in [1.807, 2.05) is 4.90 Å². The van der Waals surface area contributed by atoms with Gasteiger partial charge in [0.25, 0.3) is 5.89 Å². The highest BCUT2D eigenvalue weighted by atomic mass is 32.2. The van der Waals surface area contributed by atoms with Gasteiger partial charge in [-0.15, -0.1) is 10.2 Å². The zero-order valence-electron chi connectivity index (χ0n) is 11.9. The van der Waals surface area contributed by atoms with Crippen LogP contribution < -0.4 is 0 Å². The average Bonchev–Trinajstić information content (AvgIpc) is 3.17. The number of hydrogen-bond donors (Lipinski definition) is 1. The predicted octanol–water partition coefficient (Wildman–Crippen LogP) is 0.311. The molecule has 0 saturated carbocycles. The average molecular weight is 327 g/mol. The molecular weight excluding hydrogens is 310 g/mol. The molecule has 1 saturated heterocycles. The van der Waals surface area contributed by atoms with Crippen molar-refractivity contribution in [2.45, 2.75) is 19.0 Å². The molecule has 9 heteroatoms. The molecule has 2 aromatic rings. The monoisotopic (exact) mass is 327 g/mol. The van der Waals surface area contributed by atoms with Gasteiger partial charge >= 0.3 is 0 Å². The number of aromatic nitrogens is 2. The first kappa shape index (κ1) is 15.2. The zero-order valence-corrected chi connectivity index (χ0v) is 12.7. The summed E-state index contributed by atoms with van der Waals surface area (Å²) in [6.07, 6.45) is 2.07. The van der Waals surface area contributed by atoms with Crippen LogP contribution in [0.25, 0.3) is 11.7 Å². The Morgan fingerprint density at radius 3 is 2.91 bits per heavy atom. The van der Waals surface area contributed by atoms with Crippen LogP contribution in [0.4, 0.5) is 0 Å². The Balaban J connectivity index is 1.71. The van der Waals surface area contributed by atoms with Gasteiger partial charge in [0.2, 0.25) is 5.89 Å². The molecule has 0 aromatic carbocycles. The minimum absolute atomic E-state index is 0.0598. The summed E-state index contributed by atoms with van der Waals surface area (Å²) >= 11 is 0. The molecule has 120 valence electrons. The second kappa shape index (κ2) is 6.19. The molecule has 2 aromatic heterocycles. The van der Waals surface area contributed by atoms with Crippen molar-refractivity contribution in [1.82, 2.24) is 15.1 Å². The van der Waals surface area contributed by atoms with Gasteiger partial charge in [0.1, 0.15) is 0 Å². The summed E-state index contributed by atoms with van der Waals surface area (Å²) in [5.74, 6) is 1.41. The van der Waals surface area contributed by atoms with Crippen LogP contribution in [0, 0.1) is 0 Å². The molecule has 1 aliphatic rings. The maximum Gasteiger partial charge on any atom is 0.283 e. The lowest BCUT2D eigenvalue weighted by Crippen LogP contribution is -2.37. The Morgan fingerprint density at radius 1 is 1.41 bits per heavy atom. The van der Waals surface area contributed by atoms with Crippen LogP contribution in [0.15, 0.2) is 27.2 Å². The van der Waals surface area contributed by atoms with Crippen molar-refractivity contribution in [1.29, 1.82) is 0 Å². The van der Waals surface area contributed by atoms with Gasteiger partial charge in [0.15, 0.2) is 15.6 Å². The summed E-state index contributed by atoms with van der Waals surface area (Å²) in [5, 5.41) is 17.0. The van der Waals surface area contributed by atoms with E-state index in [9.17, 15) is 13.5 Å². The number of nitrogens with zero attached hydrogens (tertiary/aromatic N) is 3. The topological polar surface area (TPSA) is 110 Å². The van der Waals surface area contributed by atoms with Crippen LogP contribution in [0.3, 0.4) is 0 Å². The fourth-order valence-corrected chi connectivity index (χ4v) is 4.34. The van der Waals surface area contributed by atoms with E-state index in [2.05, 4.69) is 10.2 Å². The van der Waals surface area contributed by atoms with Gasteiger partial charge in [-0.05, 0) is 18.6 Å². The predicted molar refractivity (Wildman–Crippen MR) is 76.6 cm³/mol. The van der Waals surface area contributed by atoms with E-state index in [4.69, 9.17) is 8.83 Å². The van der Waals surface area contributed by atoms with E-state index < -0.39 is 9.84 Å². The van der Waals surface area contributed by atoms with Crippen LogP contribution in [-0.4, -0.2) is 59.3 Å². The zero-order chi connectivity index (χ0) is 15.6. The third-order valence-electron chi connectivity index (χ3n) is 3.65. The van der Waals surface area contributed by atoms with Crippen molar-refractivity contribution >= 4 is 9.84 Å². The molecule has 0 radical (unpaired) electrons. The van der Waals surface area contributed by atoms with E-state index in [0.717, 1.165) is 0 Å². The van der Waals surface area contributed by atoms with E-state index in [1.54, 1.807) is 12.1 Å². The number of furan rings is 1. The maximum absolute atomic E-state index is 11.6. The first-order valence-electron chi connectivity index (χ1n) is 6.99. The highest BCUT2D eigenvalue weighted by molar-refractivity contribution is 7.91. The molecule has 0 amide bonds. The minimum atomic E-state index is -2.99. The number of aliphatic hydroxyl groups excluding tert-OH is 1. The molecule has 22 heavy (non-hydrogen) atoms. The van der Waals surface area contributed by atoms with Gasteiger partial charge in [-0.25, -0.2) is 8.42 Å². The molecule has 8 nitrogen and oxygen atoms in total. The molecule has 3 rings (SSSR count). The van der Waals surface area contributed by atoms with Crippen LogP contribution in [0.1, 0.15) is 12.3 Å². The summed E-state index contributed by atoms with van der Waals surface area (Å²) in [7, 11) is -2.99. The van der Waals surface area contributed by atoms with E-state index in [0.29, 0.717) is 31.2 Å². The molecule has 0 spiro atoms. The summed E-state index contributed by atoms with van der Waals surface area (Å²) in [4.78, 5) is 1.87. The molecule has 0 aliphatic carbocycles. The fraction of sp³-hybridized carbons (Fsp3) is 0.538. The van der Waals surface area contributed by atoms with Crippen LogP contribution in [-0.2, 0) is 16.4 Å². The SMILES string of the molecule is O=S1(=O)CCC(N(CCO)Cc2nnc(-c3ccco3)o2)C1. The lowest BCUT2D eigenvalue weighted by Gasteiger charge is -2.25. The number of hydrogen-bond acceptors (Lipinski definition) is 8. The summed E-state index contributed by atoms with van der Waals surface area (Å²) in [5.41, 5.74) is 0. The first-order chi connectivity index (χ1) is 10.6. The number of rotatable bonds is 6. The Kier molecular flexibility index (Phi) is 4.27. The van der Waals surface area contributed by atoms with Gasteiger partial charge < -0.3 is 13.9 Å². The van der Waals surface area contributed by atoms with Gasteiger partial charge in [-0.1, -0.05) is 0 Å². The third kappa shape index (κ3) is 3.37. The lowest BCUT2D eigenvalue weighted by molar-refractivity contribution is 0.142. The van der Waals surface area contributed by atoms with Crippen molar-refractivity contribution in [2.75, 3.05) is 24.7 Å². The Bertz CT molecular complexity index is 710. The molecule has 1 fully saturated rings. The number of aliphatic hydroxyl groups is 1. The van der Waals surface area contributed by atoms with Gasteiger partial charge in [-0.2, -0.15) is 0 Å². The Hall–Kier alpha value is -1.71. The van der Waals surface area contributed by atoms with E-state index in [-0.39, 0.29) is 30.0 Å². The molecular formula is C13H17N3O5S. The first-order valence-corrected chi connectivity index (χ1v) is 8.81. The van der Waals surface area contributed by atoms with Gasteiger partial charge in [-0.3, -0.25) is 4.90 Å². The van der Waals surface area contributed by atoms with Crippen molar-refractivity contribution in [2.24, 2.45) is 0 Å². The Morgan fingerprint density at radius 2 is 2.27 bits per heavy atom. The lowest BCUT2D eigenvalue weighted by atomic mass is 10.2. The Labute approximate surface area is 127 Å².